The van der Waals surface area contributed by atoms with Crippen molar-refractivity contribution in [3.05, 3.63) is 29.6 Å². The predicted octanol–water partition coefficient (Wildman–Crippen LogP) is 1.06. The van der Waals surface area contributed by atoms with Crippen molar-refractivity contribution in [1.82, 2.24) is 15.2 Å². The molecule has 1 N–H and O–H groups in total. The second-order valence-corrected chi connectivity index (χ2v) is 4.24. The van der Waals surface area contributed by atoms with E-state index in [1.54, 1.807) is 7.11 Å². The maximum absolute atomic E-state index is 5.03. The molecular formula is C13H23N3O. The zero-order valence-corrected chi connectivity index (χ0v) is 11.1. The molecule has 4 heteroatoms. The van der Waals surface area contributed by atoms with E-state index in [1.807, 2.05) is 12.3 Å². The second-order valence-electron chi connectivity index (χ2n) is 4.24. The maximum Gasteiger partial charge on any atom is 0.0589 e. The third kappa shape index (κ3) is 5.77. The summed E-state index contributed by atoms with van der Waals surface area (Å²) in [6.07, 6.45) is 1.84. The first-order valence-electron chi connectivity index (χ1n) is 6.02. The van der Waals surface area contributed by atoms with Gasteiger partial charge in [-0.25, -0.2) is 0 Å². The lowest BCUT2D eigenvalue weighted by atomic mass is 10.2. The van der Waals surface area contributed by atoms with Crippen LogP contribution < -0.4 is 5.32 Å². The standard InChI is InChI=1S/C13H23N3O/c1-12-5-4-6-15-13(12)11-14-7-8-16(2)9-10-17-3/h4-6,14H,7-11H2,1-3H3. The summed E-state index contributed by atoms with van der Waals surface area (Å²) in [5, 5.41) is 3.40. The number of aromatic nitrogens is 1. The molecular weight excluding hydrogens is 214 g/mol. The van der Waals surface area contributed by atoms with E-state index < -0.39 is 0 Å². The van der Waals surface area contributed by atoms with Crippen LogP contribution in [0.2, 0.25) is 0 Å². The highest BCUT2D eigenvalue weighted by atomic mass is 16.5. The number of hydrogen-bond donors (Lipinski definition) is 1. The van der Waals surface area contributed by atoms with Crippen molar-refractivity contribution >= 4 is 0 Å². The molecule has 1 heterocycles. The van der Waals surface area contributed by atoms with E-state index in [1.165, 1.54) is 5.56 Å². The average Bonchev–Trinajstić information content (AvgIpc) is 2.34. The van der Waals surface area contributed by atoms with Crippen molar-refractivity contribution in [2.24, 2.45) is 0 Å². The maximum atomic E-state index is 5.03. The van der Waals surface area contributed by atoms with E-state index in [-0.39, 0.29) is 0 Å². The number of nitrogens with one attached hydrogen (secondary N) is 1. The highest BCUT2D eigenvalue weighted by Crippen LogP contribution is 2.01. The summed E-state index contributed by atoms with van der Waals surface area (Å²) in [5.41, 5.74) is 2.37. The number of aryl methyl sites for hydroxylation is 1. The summed E-state index contributed by atoms with van der Waals surface area (Å²) >= 11 is 0. The molecule has 4 nitrogen and oxygen atoms in total. The predicted molar refractivity (Wildman–Crippen MR) is 70.1 cm³/mol. The molecule has 0 aliphatic heterocycles. The fourth-order valence-electron chi connectivity index (χ4n) is 1.54. The van der Waals surface area contributed by atoms with Crippen LogP contribution in [-0.2, 0) is 11.3 Å². The van der Waals surface area contributed by atoms with Gasteiger partial charge in [-0.1, -0.05) is 6.07 Å². The summed E-state index contributed by atoms with van der Waals surface area (Å²) in [7, 11) is 3.84. The van der Waals surface area contributed by atoms with Gasteiger partial charge in [-0.15, -0.1) is 0 Å². The van der Waals surface area contributed by atoms with Gasteiger partial charge >= 0.3 is 0 Å². The number of likely N-dealkylation sites (N-methyl/N-ethyl adjacent to an activating group) is 1. The highest BCUT2D eigenvalue weighted by molar-refractivity contribution is 5.17. The molecule has 0 aliphatic carbocycles. The van der Waals surface area contributed by atoms with E-state index in [0.29, 0.717) is 0 Å². The van der Waals surface area contributed by atoms with Crippen LogP contribution >= 0.6 is 0 Å². The Hall–Kier alpha value is -0.970. The van der Waals surface area contributed by atoms with Crippen molar-refractivity contribution in [3.63, 3.8) is 0 Å². The van der Waals surface area contributed by atoms with E-state index in [9.17, 15) is 0 Å². The van der Waals surface area contributed by atoms with Crippen LogP contribution in [0.5, 0.6) is 0 Å². The summed E-state index contributed by atoms with van der Waals surface area (Å²) < 4.78 is 5.03. The van der Waals surface area contributed by atoms with Crippen LogP contribution in [0, 0.1) is 6.92 Å². The zero-order chi connectivity index (χ0) is 12.5. The zero-order valence-electron chi connectivity index (χ0n) is 11.1. The number of pyridine rings is 1. The second kappa shape index (κ2) is 8.17. The Labute approximate surface area is 104 Å². The van der Waals surface area contributed by atoms with Gasteiger partial charge in [-0.05, 0) is 25.6 Å². The number of hydrogen-bond acceptors (Lipinski definition) is 4. The van der Waals surface area contributed by atoms with Crippen molar-refractivity contribution in [2.45, 2.75) is 13.5 Å². The van der Waals surface area contributed by atoms with Crippen molar-refractivity contribution in [3.8, 4) is 0 Å². The van der Waals surface area contributed by atoms with Crippen LogP contribution in [0.25, 0.3) is 0 Å². The molecule has 0 aliphatic rings. The molecule has 0 radical (unpaired) electrons. The average molecular weight is 237 g/mol. The van der Waals surface area contributed by atoms with Gasteiger partial charge in [-0.2, -0.15) is 0 Å². The topological polar surface area (TPSA) is 37.4 Å². The van der Waals surface area contributed by atoms with Crippen molar-refractivity contribution < 1.29 is 4.74 Å². The lowest BCUT2D eigenvalue weighted by Crippen LogP contribution is -2.31. The van der Waals surface area contributed by atoms with Crippen molar-refractivity contribution in [2.75, 3.05) is 40.4 Å². The Morgan fingerprint density at radius 3 is 2.94 bits per heavy atom. The molecule has 96 valence electrons. The van der Waals surface area contributed by atoms with Crippen LogP contribution in [0.1, 0.15) is 11.3 Å². The number of rotatable bonds is 8. The van der Waals surface area contributed by atoms with Gasteiger partial charge in [0.15, 0.2) is 0 Å². The fourth-order valence-corrected chi connectivity index (χ4v) is 1.54. The number of nitrogens with zero attached hydrogens (tertiary/aromatic N) is 2. The molecule has 0 atom stereocenters. The largest absolute Gasteiger partial charge is 0.383 e. The van der Waals surface area contributed by atoms with Gasteiger partial charge < -0.3 is 15.0 Å². The molecule has 1 rings (SSSR count). The van der Waals surface area contributed by atoms with Gasteiger partial charge in [0.1, 0.15) is 0 Å². The van der Waals surface area contributed by atoms with E-state index in [0.717, 1.165) is 38.5 Å². The molecule has 0 amide bonds. The third-order valence-electron chi connectivity index (χ3n) is 2.76. The quantitative estimate of drug-likeness (QED) is 0.686. The molecule has 0 spiro atoms. The van der Waals surface area contributed by atoms with E-state index in [4.69, 9.17) is 4.74 Å². The Morgan fingerprint density at radius 1 is 1.41 bits per heavy atom. The smallest absolute Gasteiger partial charge is 0.0589 e. The molecule has 0 bridgehead atoms. The Morgan fingerprint density at radius 2 is 2.24 bits per heavy atom. The summed E-state index contributed by atoms with van der Waals surface area (Å²) in [4.78, 5) is 6.60. The molecule has 0 unspecified atom stereocenters. The fraction of sp³-hybridized carbons (Fsp3) is 0.615. The first-order valence-corrected chi connectivity index (χ1v) is 6.02. The minimum Gasteiger partial charge on any atom is -0.383 e. The van der Waals surface area contributed by atoms with Gasteiger partial charge in [0.25, 0.3) is 0 Å². The Kier molecular flexibility index (Phi) is 6.77. The van der Waals surface area contributed by atoms with Crippen molar-refractivity contribution in [1.29, 1.82) is 0 Å². The summed E-state index contributed by atoms with van der Waals surface area (Å²) in [6.45, 7) is 6.68. The van der Waals surface area contributed by atoms with Crippen LogP contribution in [0.3, 0.4) is 0 Å². The SMILES string of the molecule is COCCN(C)CCNCc1ncccc1C. The third-order valence-corrected chi connectivity index (χ3v) is 2.76. The van der Waals surface area contributed by atoms with E-state index in [2.05, 4.69) is 35.2 Å². The van der Waals surface area contributed by atoms with Gasteiger partial charge in [-0.3, -0.25) is 4.98 Å². The van der Waals surface area contributed by atoms with Gasteiger partial charge in [0.05, 0.1) is 12.3 Å². The Bertz CT molecular complexity index is 317. The van der Waals surface area contributed by atoms with E-state index >= 15 is 0 Å². The molecule has 0 saturated heterocycles. The lowest BCUT2D eigenvalue weighted by Gasteiger charge is -2.16. The monoisotopic (exact) mass is 237 g/mol. The minimum absolute atomic E-state index is 0.788. The Balaban J connectivity index is 2.14. The highest BCUT2D eigenvalue weighted by Gasteiger charge is 1.99. The first kappa shape index (κ1) is 14.1. The molecule has 0 aromatic carbocycles. The minimum atomic E-state index is 0.788. The van der Waals surface area contributed by atoms with Crippen LogP contribution in [0.4, 0.5) is 0 Å². The molecule has 0 fully saturated rings. The lowest BCUT2D eigenvalue weighted by molar-refractivity contribution is 0.161. The van der Waals surface area contributed by atoms with Crippen LogP contribution in [-0.4, -0.2) is 50.3 Å². The summed E-state index contributed by atoms with van der Waals surface area (Å²) in [5.74, 6) is 0. The number of ether oxygens (including phenoxy) is 1. The summed E-state index contributed by atoms with van der Waals surface area (Å²) in [6, 6.07) is 4.06. The normalized spacial score (nSPS) is 11.1. The first-order chi connectivity index (χ1) is 8.24. The van der Waals surface area contributed by atoms with Crippen LogP contribution in [0.15, 0.2) is 18.3 Å². The molecule has 1 aromatic heterocycles. The number of methoxy groups -OCH3 is 1. The molecule has 17 heavy (non-hydrogen) atoms. The molecule has 0 saturated carbocycles. The molecule has 1 aromatic rings. The van der Waals surface area contributed by atoms with Gasteiger partial charge in [0, 0.05) is 39.5 Å². The van der Waals surface area contributed by atoms with Gasteiger partial charge in [0.2, 0.25) is 0 Å².